The summed E-state index contributed by atoms with van der Waals surface area (Å²) >= 11 is 1.74. The lowest BCUT2D eigenvalue weighted by atomic mass is 10.1. The standard InChI is InChI=1S/C24H26N2O5S2/c1-16(15-29-2)30-19-12-17(22-8-9-23(26-22)24-25-10-11-32-24)13-20(14-19)31-18-4-6-21(7-5-18)33(3,27)28/h4-9,12-14,16,26H,10-11,15H2,1-3H3/t16-/m0/s1. The molecule has 9 heteroatoms. The van der Waals surface area contributed by atoms with Gasteiger partial charge in [0.15, 0.2) is 9.84 Å². The summed E-state index contributed by atoms with van der Waals surface area (Å²) in [6, 6.07) is 16.0. The molecule has 0 saturated carbocycles. The molecule has 0 bridgehead atoms. The second kappa shape index (κ2) is 10.0. The number of aromatic amines is 1. The Bertz CT molecular complexity index is 1250. The van der Waals surface area contributed by atoms with E-state index in [9.17, 15) is 8.42 Å². The van der Waals surface area contributed by atoms with Crippen LogP contribution in [0.2, 0.25) is 0 Å². The largest absolute Gasteiger partial charge is 0.488 e. The molecule has 0 saturated heterocycles. The van der Waals surface area contributed by atoms with Gasteiger partial charge in [-0.05, 0) is 55.5 Å². The quantitative estimate of drug-likeness (QED) is 0.468. The molecule has 33 heavy (non-hydrogen) atoms. The number of hydrogen-bond acceptors (Lipinski definition) is 7. The molecule has 1 aliphatic heterocycles. The van der Waals surface area contributed by atoms with E-state index in [0.717, 1.165) is 34.3 Å². The molecule has 3 aromatic rings. The number of H-pyrrole nitrogens is 1. The van der Waals surface area contributed by atoms with E-state index in [-0.39, 0.29) is 11.0 Å². The summed E-state index contributed by atoms with van der Waals surface area (Å²) in [5.74, 6) is 2.74. The molecule has 0 fully saturated rings. The maximum atomic E-state index is 11.7. The van der Waals surface area contributed by atoms with Crippen molar-refractivity contribution in [2.45, 2.75) is 17.9 Å². The van der Waals surface area contributed by atoms with Crippen LogP contribution in [0.4, 0.5) is 0 Å². The van der Waals surface area contributed by atoms with Crippen LogP contribution in [0.5, 0.6) is 17.2 Å². The number of aromatic nitrogens is 1. The normalized spacial score (nSPS) is 14.7. The van der Waals surface area contributed by atoms with Gasteiger partial charge < -0.3 is 19.2 Å². The maximum absolute atomic E-state index is 11.7. The zero-order chi connectivity index (χ0) is 23.4. The fraction of sp³-hybridized carbons (Fsp3) is 0.292. The van der Waals surface area contributed by atoms with Gasteiger partial charge in [-0.2, -0.15) is 0 Å². The smallest absolute Gasteiger partial charge is 0.175 e. The van der Waals surface area contributed by atoms with Gasteiger partial charge in [-0.15, -0.1) is 11.8 Å². The van der Waals surface area contributed by atoms with Crippen molar-refractivity contribution in [1.82, 2.24) is 4.98 Å². The third kappa shape index (κ3) is 5.98. The third-order valence-electron chi connectivity index (χ3n) is 4.92. The first kappa shape index (κ1) is 23.4. The molecular weight excluding hydrogens is 460 g/mol. The lowest BCUT2D eigenvalue weighted by Crippen LogP contribution is -2.17. The van der Waals surface area contributed by atoms with Crippen LogP contribution in [0, 0.1) is 0 Å². The van der Waals surface area contributed by atoms with Gasteiger partial charge in [0.05, 0.1) is 17.2 Å². The number of thioether (sulfide) groups is 1. The zero-order valence-electron chi connectivity index (χ0n) is 18.7. The fourth-order valence-corrected chi connectivity index (χ4v) is 4.90. The van der Waals surface area contributed by atoms with E-state index in [2.05, 4.69) is 9.98 Å². The average Bonchev–Trinajstić information content (AvgIpc) is 3.45. The van der Waals surface area contributed by atoms with Gasteiger partial charge >= 0.3 is 0 Å². The first-order valence-corrected chi connectivity index (χ1v) is 13.4. The van der Waals surface area contributed by atoms with Crippen molar-refractivity contribution in [2.75, 3.05) is 32.3 Å². The van der Waals surface area contributed by atoms with Gasteiger partial charge in [0.25, 0.3) is 0 Å². The minimum atomic E-state index is -3.27. The summed E-state index contributed by atoms with van der Waals surface area (Å²) < 4.78 is 40.7. The average molecular weight is 487 g/mol. The van der Waals surface area contributed by atoms with E-state index in [4.69, 9.17) is 14.2 Å². The number of benzene rings is 2. The van der Waals surface area contributed by atoms with Crippen LogP contribution in [0.15, 0.2) is 64.5 Å². The molecule has 2 heterocycles. The SMILES string of the molecule is COC[C@H](C)Oc1cc(Oc2ccc(S(C)(=O)=O)cc2)cc(-c2ccc(C3=NCCS3)[nH]2)c1. The number of rotatable bonds is 9. The number of ether oxygens (including phenoxy) is 3. The Kier molecular flexibility index (Phi) is 7.11. The van der Waals surface area contributed by atoms with E-state index >= 15 is 0 Å². The molecule has 174 valence electrons. The van der Waals surface area contributed by atoms with E-state index in [1.165, 1.54) is 18.4 Å². The Morgan fingerprint density at radius 1 is 1.03 bits per heavy atom. The molecular formula is C24H26N2O5S2. The molecule has 4 rings (SSSR count). The van der Waals surface area contributed by atoms with Gasteiger partial charge in [-0.1, -0.05) is 0 Å². The molecule has 2 aromatic carbocycles. The van der Waals surface area contributed by atoms with Crippen molar-refractivity contribution in [1.29, 1.82) is 0 Å². The van der Waals surface area contributed by atoms with Gasteiger partial charge in [0.2, 0.25) is 0 Å². The highest BCUT2D eigenvalue weighted by Gasteiger charge is 2.15. The predicted octanol–water partition coefficient (Wildman–Crippen LogP) is 4.78. The van der Waals surface area contributed by atoms with E-state index in [0.29, 0.717) is 23.9 Å². The second-order valence-corrected chi connectivity index (χ2v) is 10.8. The van der Waals surface area contributed by atoms with Crippen molar-refractivity contribution in [3.8, 4) is 28.5 Å². The molecule has 0 radical (unpaired) electrons. The highest BCUT2D eigenvalue weighted by Crippen LogP contribution is 2.33. The van der Waals surface area contributed by atoms with Gasteiger partial charge in [0.1, 0.15) is 28.4 Å². The molecule has 1 aliphatic rings. The fourth-order valence-electron chi connectivity index (χ4n) is 3.43. The molecule has 7 nitrogen and oxygen atoms in total. The summed E-state index contributed by atoms with van der Waals surface area (Å²) in [7, 11) is -1.63. The lowest BCUT2D eigenvalue weighted by molar-refractivity contribution is 0.0920. The number of aliphatic imine (C=N–C) groups is 1. The highest BCUT2D eigenvalue weighted by molar-refractivity contribution is 8.14. The van der Waals surface area contributed by atoms with Crippen LogP contribution < -0.4 is 9.47 Å². The molecule has 0 amide bonds. The lowest BCUT2D eigenvalue weighted by Gasteiger charge is -2.16. The minimum Gasteiger partial charge on any atom is -0.488 e. The van der Waals surface area contributed by atoms with Gasteiger partial charge in [0, 0.05) is 43.0 Å². The number of sulfone groups is 1. The maximum Gasteiger partial charge on any atom is 0.175 e. The van der Waals surface area contributed by atoms with Crippen LogP contribution in [-0.4, -0.2) is 56.8 Å². The number of methoxy groups -OCH3 is 1. The van der Waals surface area contributed by atoms with Crippen LogP contribution >= 0.6 is 11.8 Å². The van der Waals surface area contributed by atoms with Crippen molar-refractivity contribution in [3.05, 3.63) is 60.3 Å². The minimum absolute atomic E-state index is 0.143. The van der Waals surface area contributed by atoms with Crippen LogP contribution in [0.1, 0.15) is 12.6 Å². The van der Waals surface area contributed by atoms with Crippen molar-refractivity contribution < 1.29 is 22.6 Å². The Hall–Kier alpha value is -2.75. The summed E-state index contributed by atoms with van der Waals surface area (Å²) in [5.41, 5.74) is 2.81. The molecule has 0 unspecified atom stereocenters. The topological polar surface area (TPSA) is 90.0 Å². The molecule has 0 aliphatic carbocycles. The van der Waals surface area contributed by atoms with Gasteiger partial charge in [-0.3, -0.25) is 4.99 Å². The van der Waals surface area contributed by atoms with Crippen molar-refractivity contribution in [2.24, 2.45) is 4.99 Å². The molecule has 1 atom stereocenters. The molecule has 1 aromatic heterocycles. The van der Waals surface area contributed by atoms with Gasteiger partial charge in [-0.25, -0.2) is 8.42 Å². The predicted molar refractivity (Wildman–Crippen MR) is 132 cm³/mol. The second-order valence-electron chi connectivity index (χ2n) is 7.74. The number of nitrogens with one attached hydrogen (secondary N) is 1. The highest BCUT2D eigenvalue weighted by atomic mass is 32.2. The van der Waals surface area contributed by atoms with E-state index in [1.807, 2.05) is 31.2 Å². The molecule has 0 spiro atoms. The third-order valence-corrected chi connectivity index (χ3v) is 7.06. The first-order chi connectivity index (χ1) is 15.8. The summed E-state index contributed by atoms with van der Waals surface area (Å²) in [5, 5.41) is 1.02. The summed E-state index contributed by atoms with van der Waals surface area (Å²) in [4.78, 5) is 8.21. The van der Waals surface area contributed by atoms with Crippen molar-refractivity contribution >= 4 is 26.6 Å². The van der Waals surface area contributed by atoms with Crippen LogP contribution in [-0.2, 0) is 14.6 Å². The Balaban J connectivity index is 1.64. The first-order valence-electron chi connectivity index (χ1n) is 10.5. The number of hydrogen-bond donors (Lipinski definition) is 1. The Labute approximate surface area is 198 Å². The Morgan fingerprint density at radius 2 is 1.76 bits per heavy atom. The number of nitrogens with zero attached hydrogens (tertiary/aromatic N) is 1. The zero-order valence-corrected chi connectivity index (χ0v) is 20.3. The monoisotopic (exact) mass is 486 g/mol. The van der Waals surface area contributed by atoms with E-state index in [1.54, 1.807) is 37.1 Å². The molecule has 1 N–H and O–H groups in total. The van der Waals surface area contributed by atoms with Crippen LogP contribution in [0.25, 0.3) is 11.3 Å². The van der Waals surface area contributed by atoms with Crippen molar-refractivity contribution in [3.63, 3.8) is 0 Å². The summed E-state index contributed by atoms with van der Waals surface area (Å²) in [6.45, 7) is 3.23. The van der Waals surface area contributed by atoms with E-state index < -0.39 is 9.84 Å². The summed E-state index contributed by atoms with van der Waals surface area (Å²) in [6.07, 6.45) is 1.04. The van der Waals surface area contributed by atoms with Crippen LogP contribution in [0.3, 0.4) is 0 Å². The Morgan fingerprint density at radius 3 is 2.42 bits per heavy atom.